The van der Waals surface area contributed by atoms with Gasteiger partial charge in [0.25, 0.3) is 0 Å². The number of nitrogens with one attached hydrogen (secondary N) is 2. The molecule has 10 heteroatoms. The molecule has 1 aliphatic rings. The number of hydrogen-bond donors (Lipinski definition) is 2. The van der Waals surface area contributed by atoms with Gasteiger partial charge in [0.1, 0.15) is 16.8 Å². The molecule has 0 radical (unpaired) electrons. The molecule has 35 heavy (non-hydrogen) atoms. The molecule has 8 nitrogen and oxygen atoms in total. The van der Waals surface area contributed by atoms with Crippen LogP contribution in [0.5, 0.6) is 5.75 Å². The quantitative estimate of drug-likeness (QED) is 0.158. The van der Waals surface area contributed by atoms with Crippen molar-refractivity contribution in [3.63, 3.8) is 0 Å². The number of aryl methyl sites for hydroxylation is 1. The average Bonchev–Trinajstić information content (AvgIpc) is 3.21. The summed E-state index contributed by atoms with van der Waals surface area (Å²) >= 11 is 4.66. The number of hydrazone groups is 1. The molecular formula is C25H19BrN4O4S. The van der Waals surface area contributed by atoms with Crippen LogP contribution in [0.3, 0.4) is 0 Å². The first-order valence-electron chi connectivity index (χ1n) is 10.7. The van der Waals surface area contributed by atoms with Crippen LogP contribution in [0.25, 0.3) is 0 Å². The smallest absolute Gasteiger partial charge is 0.343 e. The number of carbonyl (C=O) groups excluding carboxylic acids is 3. The highest BCUT2D eigenvalue weighted by Crippen LogP contribution is 2.37. The molecule has 2 N–H and O–H groups in total. The Kier molecular flexibility index (Phi) is 7.70. The van der Waals surface area contributed by atoms with Crippen molar-refractivity contribution in [3.05, 3.63) is 80.1 Å². The Hall–Kier alpha value is -3.81. The van der Waals surface area contributed by atoms with Crippen LogP contribution in [0.15, 0.2) is 58.1 Å². The standard InChI is InChI=1S/C25H19BrN4O4S/c26-17-5-3-4-16(12-17)25(33)34-18-10-8-15(9-11-18)14-28-30-23(32)22(31)29-24-20(13-27)19-6-1-2-7-21(19)35-24/h3-5,8-12,14H,1-2,6-7H2,(H,29,31)(H,30,32). The molecule has 2 aromatic carbocycles. The zero-order valence-corrected chi connectivity index (χ0v) is 20.7. The summed E-state index contributed by atoms with van der Waals surface area (Å²) in [5, 5.41) is 16.2. The van der Waals surface area contributed by atoms with Crippen molar-refractivity contribution in [2.45, 2.75) is 25.7 Å². The van der Waals surface area contributed by atoms with Crippen molar-refractivity contribution < 1.29 is 19.1 Å². The van der Waals surface area contributed by atoms with Crippen molar-refractivity contribution in [2.24, 2.45) is 5.10 Å². The predicted octanol–water partition coefficient (Wildman–Crippen LogP) is 4.57. The Morgan fingerprint density at radius 3 is 2.60 bits per heavy atom. The van der Waals surface area contributed by atoms with Gasteiger partial charge < -0.3 is 10.1 Å². The molecule has 2 amide bonds. The van der Waals surface area contributed by atoms with Crippen LogP contribution < -0.4 is 15.5 Å². The Morgan fingerprint density at radius 1 is 1.09 bits per heavy atom. The normalized spacial score (nSPS) is 12.5. The lowest BCUT2D eigenvalue weighted by molar-refractivity contribution is -0.136. The molecule has 0 atom stereocenters. The van der Waals surface area contributed by atoms with E-state index in [0.29, 0.717) is 27.4 Å². The average molecular weight is 551 g/mol. The number of anilines is 1. The third kappa shape index (κ3) is 6.01. The number of nitriles is 1. The molecule has 0 unspecified atom stereocenters. The van der Waals surface area contributed by atoms with Crippen LogP contribution in [-0.4, -0.2) is 24.0 Å². The topological polar surface area (TPSA) is 121 Å². The highest BCUT2D eigenvalue weighted by Gasteiger charge is 2.23. The summed E-state index contributed by atoms with van der Waals surface area (Å²) in [7, 11) is 0. The van der Waals surface area contributed by atoms with Crippen LogP contribution >= 0.6 is 27.3 Å². The van der Waals surface area contributed by atoms with Crippen LogP contribution in [0.1, 0.15) is 44.8 Å². The maximum absolute atomic E-state index is 12.3. The number of carbonyl (C=O) groups is 3. The number of fused-ring (bicyclic) bond motifs is 1. The van der Waals surface area contributed by atoms with Gasteiger partial charge in [0.2, 0.25) is 0 Å². The molecule has 1 heterocycles. The van der Waals surface area contributed by atoms with Gasteiger partial charge in [0.05, 0.1) is 17.3 Å². The Labute approximate surface area is 213 Å². The van der Waals surface area contributed by atoms with E-state index in [1.165, 1.54) is 17.6 Å². The van der Waals surface area contributed by atoms with E-state index in [1.54, 1.807) is 42.5 Å². The summed E-state index contributed by atoms with van der Waals surface area (Å²) in [5.74, 6) is -1.98. The first kappa shape index (κ1) is 24.3. The molecule has 0 aliphatic heterocycles. The largest absolute Gasteiger partial charge is 0.423 e. The number of halogens is 1. The van der Waals surface area contributed by atoms with Gasteiger partial charge in [-0.2, -0.15) is 10.4 Å². The van der Waals surface area contributed by atoms with Gasteiger partial charge in [-0.05, 0) is 79.3 Å². The second-order valence-corrected chi connectivity index (χ2v) is 9.67. The molecule has 0 saturated carbocycles. The summed E-state index contributed by atoms with van der Waals surface area (Å²) in [6.07, 6.45) is 5.10. The van der Waals surface area contributed by atoms with Crippen molar-refractivity contribution >= 4 is 56.3 Å². The number of rotatable bonds is 5. The van der Waals surface area contributed by atoms with Crippen LogP contribution in [0.2, 0.25) is 0 Å². The monoisotopic (exact) mass is 550 g/mol. The van der Waals surface area contributed by atoms with Gasteiger partial charge >= 0.3 is 17.8 Å². The second-order valence-electron chi connectivity index (χ2n) is 7.65. The second kappa shape index (κ2) is 11.1. The van der Waals surface area contributed by atoms with Crippen molar-refractivity contribution in [3.8, 4) is 11.8 Å². The number of benzene rings is 2. The minimum atomic E-state index is -0.948. The minimum absolute atomic E-state index is 0.350. The molecular weight excluding hydrogens is 532 g/mol. The SMILES string of the molecule is N#Cc1c(NC(=O)C(=O)NN=Cc2ccc(OC(=O)c3cccc(Br)c3)cc2)sc2c1CCCC2. The van der Waals surface area contributed by atoms with E-state index in [4.69, 9.17) is 4.74 Å². The predicted molar refractivity (Wildman–Crippen MR) is 136 cm³/mol. The van der Waals surface area contributed by atoms with Gasteiger partial charge in [0, 0.05) is 9.35 Å². The molecule has 0 bridgehead atoms. The third-order valence-corrected chi connectivity index (χ3v) is 6.95. The number of amides is 2. The van der Waals surface area contributed by atoms with E-state index < -0.39 is 17.8 Å². The van der Waals surface area contributed by atoms with Crippen molar-refractivity contribution in [1.82, 2.24) is 5.43 Å². The van der Waals surface area contributed by atoms with E-state index in [1.807, 2.05) is 6.07 Å². The van der Waals surface area contributed by atoms with E-state index in [9.17, 15) is 19.6 Å². The number of ether oxygens (including phenoxy) is 1. The Balaban J connectivity index is 1.31. The number of nitrogens with zero attached hydrogens (tertiary/aromatic N) is 2. The zero-order chi connectivity index (χ0) is 24.8. The maximum atomic E-state index is 12.3. The van der Waals surface area contributed by atoms with Gasteiger partial charge in [-0.1, -0.05) is 22.0 Å². The van der Waals surface area contributed by atoms with Gasteiger partial charge in [-0.25, -0.2) is 10.2 Å². The molecule has 0 spiro atoms. The fourth-order valence-electron chi connectivity index (χ4n) is 3.55. The Bertz CT molecular complexity index is 1360. The fourth-order valence-corrected chi connectivity index (χ4v) is 5.19. The molecule has 0 fully saturated rings. The van der Waals surface area contributed by atoms with Gasteiger partial charge in [0.15, 0.2) is 0 Å². The zero-order valence-electron chi connectivity index (χ0n) is 18.3. The summed E-state index contributed by atoms with van der Waals surface area (Å²) in [6, 6.07) is 15.5. The molecule has 4 rings (SSSR count). The highest BCUT2D eigenvalue weighted by atomic mass is 79.9. The summed E-state index contributed by atoms with van der Waals surface area (Å²) in [5.41, 5.74) is 4.62. The van der Waals surface area contributed by atoms with E-state index in [-0.39, 0.29) is 0 Å². The lowest BCUT2D eigenvalue weighted by Crippen LogP contribution is -2.32. The van der Waals surface area contributed by atoms with Crippen molar-refractivity contribution in [1.29, 1.82) is 5.26 Å². The molecule has 176 valence electrons. The number of thiophene rings is 1. The fraction of sp³-hybridized carbons (Fsp3) is 0.160. The summed E-state index contributed by atoms with van der Waals surface area (Å²) < 4.78 is 6.11. The van der Waals surface area contributed by atoms with Crippen molar-refractivity contribution in [2.75, 3.05) is 5.32 Å². The lowest BCUT2D eigenvalue weighted by atomic mass is 9.96. The van der Waals surface area contributed by atoms with Gasteiger partial charge in [-0.3, -0.25) is 9.59 Å². The first-order valence-corrected chi connectivity index (χ1v) is 12.3. The van der Waals surface area contributed by atoms with Crippen LogP contribution in [0.4, 0.5) is 5.00 Å². The number of esters is 1. The Morgan fingerprint density at radius 2 is 1.86 bits per heavy atom. The lowest BCUT2D eigenvalue weighted by Gasteiger charge is -2.09. The van der Waals surface area contributed by atoms with E-state index >= 15 is 0 Å². The summed E-state index contributed by atoms with van der Waals surface area (Å²) in [6.45, 7) is 0. The van der Waals surface area contributed by atoms with Gasteiger partial charge in [-0.15, -0.1) is 11.3 Å². The number of hydrogen-bond acceptors (Lipinski definition) is 7. The van der Waals surface area contributed by atoms with E-state index in [0.717, 1.165) is 40.6 Å². The van der Waals surface area contributed by atoms with Crippen LogP contribution in [-0.2, 0) is 22.4 Å². The summed E-state index contributed by atoms with van der Waals surface area (Å²) in [4.78, 5) is 37.7. The molecule has 1 aliphatic carbocycles. The first-order chi connectivity index (χ1) is 16.9. The van der Waals surface area contributed by atoms with Crippen LogP contribution in [0, 0.1) is 11.3 Å². The molecule has 1 aromatic heterocycles. The van der Waals surface area contributed by atoms with E-state index in [2.05, 4.69) is 37.8 Å². The minimum Gasteiger partial charge on any atom is -0.423 e. The maximum Gasteiger partial charge on any atom is 0.343 e. The molecule has 3 aromatic rings. The molecule has 0 saturated heterocycles. The third-order valence-electron chi connectivity index (χ3n) is 5.25. The highest BCUT2D eigenvalue weighted by molar-refractivity contribution is 9.10.